The molecule has 46 valence electrons. The fourth-order valence-electron chi connectivity index (χ4n) is 0.224. The summed E-state index contributed by atoms with van der Waals surface area (Å²) in [6.07, 6.45) is 0.812. The molecule has 0 aromatic heterocycles. The van der Waals surface area contributed by atoms with Gasteiger partial charge < -0.3 is 4.89 Å². The topological polar surface area (TPSA) is 37.3 Å². The van der Waals surface area contributed by atoms with Gasteiger partial charge in [0, 0.05) is 12.3 Å². The van der Waals surface area contributed by atoms with Crippen LogP contribution in [0.2, 0.25) is 0 Å². The molecular formula is C4H12KO2P. The molecule has 0 aliphatic rings. The van der Waals surface area contributed by atoms with Crippen molar-refractivity contribution in [3.63, 3.8) is 0 Å². The standard InChI is InChI=1S/C4H11O2P.K.H/c1-3-7(5,6)4-2;;/h3-4H2,1-2H3,(H,5,6);;. The van der Waals surface area contributed by atoms with Crippen molar-refractivity contribution in [3.05, 3.63) is 0 Å². The van der Waals surface area contributed by atoms with E-state index in [-0.39, 0.29) is 51.4 Å². The molecule has 0 heterocycles. The summed E-state index contributed by atoms with van der Waals surface area (Å²) >= 11 is 0. The first-order chi connectivity index (χ1) is 3.12. The molecule has 0 rings (SSSR count). The third kappa shape index (κ3) is 5.95. The molecule has 0 atom stereocenters. The fourth-order valence-corrected chi connectivity index (χ4v) is 0.671. The second kappa shape index (κ2) is 5.60. The van der Waals surface area contributed by atoms with Crippen molar-refractivity contribution >= 4 is 58.8 Å². The molecular weight excluding hydrogens is 150 g/mol. The van der Waals surface area contributed by atoms with Crippen LogP contribution in [0.25, 0.3) is 0 Å². The third-order valence-electron chi connectivity index (χ3n) is 0.988. The maximum atomic E-state index is 10.5. The van der Waals surface area contributed by atoms with Crippen molar-refractivity contribution in [1.29, 1.82) is 0 Å². The van der Waals surface area contributed by atoms with Crippen LogP contribution in [0.15, 0.2) is 0 Å². The number of hydrogen-bond donors (Lipinski definition) is 1. The molecule has 0 amide bonds. The van der Waals surface area contributed by atoms with E-state index < -0.39 is 7.37 Å². The van der Waals surface area contributed by atoms with Gasteiger partial charge in [0.25, 0.3) is 0 Å². The Morgan fingerprint density at radius 1 is 1.38 bits per heavy atom. The van der Waals surface area contributed by atoms with E-state index in [0.717, 1.165) is 0 Å². The van der Waals surface area contributed by atoms with Crippen molar-refractivity contribution in [2.75, 3.05) is 12.3 Å². The SMILES string of the molecule is CCP(=O)(O)CC.[KH]. The van der Waals surface area contributed by atoms with Crippen molar-refractivity contribution in [1.82, 2.24) is 0 Å². The average molecular weight is 162 g/mol. The Bertz CT molecular complexity index is 86.0. The summed E-state index contributed by atoms with van der Waals surface area (Å²) in [5.74, 6) is 0. The van der Waals surface area contributed by atoms with Crippen LogP contribution in [0.5, 0.6) is 0 Å². The van der Waals surface area contributed by atoms with Crippen LogP contribution in [0.3, 0.4) is 0 Å². The van der Waals surface area contributed by atoms with E-state index in [9.17, 15) is 4.57 Å². The van der Waals surface area contributed by atoms with Crippen LogP contribution in [0.1, 0.15) is 13.8 Å². The summed E-state index contributed by atoms with van der Waals surface area (Å²) in [6.45, 7) is 3.45. The summed E-state index contributed by atoms with van der Waals surface area (Å²) in [4.78, 5) is 8.69. The second-order valence-electron chi connectivity index (χ2n) is 1.48. The predicted molar refractivity (Wildman–Crippen MR) is 38.1 cm³/mol. The second-order valence-corrected chi connectivity index (χ2v) is 4.44. The van der Waals surface area contributed by atoms with E-state index in [1.165, 1.54) is 0 Å². The van der Waals surface area contributed by atoms with Gasteiger partial charge in [0.15, 0.2) is 7.37 Å². The molecule has 0 bridgehead atoms. The molecule has 0 saturated heterocycles. The Hall–Kier alpha value is 1.83. The number of hydrogen-bond acceptors (Lipinski definition) is 1. The molecule has 4 heteroatoms. The maximum absolute atomic E-state index is 10.5. The van der Waals surface area contributed by atoms with Gasteiger partial charge in [-0.15, -0.1) is 0 Å². The van der Waals surface area contributed by atoms with Gasteiger partial charge in [-0.1, -0.05) is 13.8 Å². The van der Waals surface area contributed by atoms with E-state index in [2.05, 4.69) is 0 Å². The Morgan fingerprint density at radius 3 is 1.62 bits per heavy atom. The molecule has 0 spiro atoms. The van der Waals surface area contributed by atoms with Crippen LogP contribution in [0.4, 0.5) is 0 Å². The Kier molecular flexibility index (Phi) is 8.75. The predicted octanol–water partition coefficient (Wildman–Crippen LogP) is 0.648. The summed E-state index contributed by atoms with van der Waals surface area (Å²) < 4.78 is 10.5. The first kappa shape index (κ1) is 12.5. The van der Waals surface area contributed by atoms with E-state index >= 15 is 0 Å². The molecule has 2 nitrogen and oxygen atoms in total. The molecule has 0 aromatic rings. The molecule has 0 aromatic carbocycles. The molecule has 0 unspecified atom stereocenters. The molecule has 0 aliphatic heterocycles. The number of rotatable bonds is 2. The van der Waals surface area contributed by atoms with Gasteiger partial charge in [0.1, 0.15) is 0 Å². The van der Waals surface area contributed by atoms with Crippen molar-refractivity contribution in [2.45, 2.75) is 13.8 Å². The minimum atomic E-state index is -2.65. The van der Waals surface area contributed by atoms with Crippen LogP contribution in [0, 0.1) is 0 Å². The summed E-state index contributed by atoms with van der Waals surface area (Å²) in [6, 6.07) is 0. The summed E-state index contributed by atoms with van der Waals surface area (Å²) in [5, 5.41) is 0. The molecule has 8 heavy (non-hydrogen) atoms. The summed E-state index contributed by atoms with van der Waals surface area (Å²) in [7, 11) is -2.65. The van der Waals surface area contributed by atoms with Gasteiger partial charge in [-0.25, -0.2) is 0 Å². The Labute approximate surface area is 92.9 Å². The van der Waals surface area contributed by atoms with Gasteiger partial charge in [0.05, 0.1) is 0 Å². The minimum absolute atomic E-state index is 0. The van der Waals surface area contributed by atoms with Crippen molar-refractivity contribution < 1.29 is 9.46 Å². The van der Waals surface area contributed by atoms with Gasteiger partial charge in [-0.2, -0.15) is 0 Å². The van der Waals surface area contributed by atoms with E-state index in [4.69, 9.17) is 4.89 Å². The molecule has 0 saturated carbocycles. The normalized spacial score (nSPS) is 10.4. The Morgan fingerprint density at radius 2 is 1.62 bits per heavy atom. The van der Waals surface area contributed by atoms with Crippen LogP contribution >= 0.6 is 7.37 Å². The fraction of sp³-hybridized carbons (Fsp3) is 1.00. The first-order valence-electron chi connectivity index (χ1n) is 2.43. The summed E-state index contributed by atoms with van der Waals surface area (Å²) in [5.41, 5.74) is 0. The third-order valence-corrected chi connectivity index (χ3v) is 2.96. The van der Waals surface area contributed by atoms with Crippen LogP contribution < -0.4 is 0 Å². The molecule has 0 radical (unpaired) electrons. The first-order valence-corrected chi connectivity index (χ1v) is 4.46. The van der Waals surface area contributed by atoms with E-state index in [1.807, 2.05) is 0 Å². The monoisotopic (exact) mass is 162 g/mol. The van der Waals surface area contributed by atoms with Gasteiger partial charge in [-0.05, 0) is 0 Å². The van der Waals surface area contributed by atoms with Crippen molar-refractivity contribution in [2.24, 2.45) is 0 Å². The molecule has 1 N–H and O–H groups in total. The van der Waals surface area contributed by atoms with E-state index in [0.29, 0.717) is 12.3 Å². The molecule has 0 aliphatic carbocycles. The Balaban J connectivity index is 0. The average Bonchev–Trinajstić information content (AvgIpc) is 1.68. The van der Waals surface area contributed by atoms with Crippen LogP contribution in [-0.2, 0) is 4.57 Å². The van der Waals surface area contributed by atoms with Gasteiger partial charge >= 0.3 is 51.4 Å². The van der Waals surface area contributed by atoms with Gasteiger partial charge in [-0.3, -0.25) is 4.57 Å². The van der Waals surface area contributed by atoms with E-state index in [1.54, 1.807) is 13.8 Å². The quantitative estimate of drug-likeness (QED) is 0.478. The van der Waals surface area contributed by atoms with Gasteiger partial charge in [0.2, 0.25) is 0 Å². The van der Waals surface area contributed by atoms with Crippen LogP contribution in [-0.4, -0.2) is 68.6 Å². The zero-order valence-electron chi connectivity index (χ0n) is 4.72. The van der Waals surface area contributed by atoms with Crippen molar-refractivity contribution in [3.8, 4) is 0 Å². The molecule has 0 fully saturated rings. The zero-order chi connectivity index (χ0) is 5.91. The zero-order valence-corrected chi connectivity index (χ0v) is 5.61.